The Kier molecular flexibility index (Phi) is 5.67. The summed E-state index contributed by atoms with van der Waals surface area (Å²) >= 11 is 0. The van der Waals surface area contributed by atoms with Crippen LogP contribution < -0.4 is 14.8 Å². The van der Waals surface area contributed by atoms with Crippen LogP contribution in [0.4, 0.5) is 5.69 Å². The Bertz CT molecular complexity index is 1020. The second-order valence-electron chi connectivity index (χ2n) is 6.50. The first-order valence-electron chi connectivity index (χ1n) is 8.85. The normalized spacial score (nSPS) is 12.3. The molecule has 0 saturated carbocycles. The van der Waals surface area contributed by atoms with Gasteiger partial charge >= 0.3 is 5.97 Å². The number of ether oxygens (including phenoxy) is 3. The molecule has 1 aromatic carbocycles. The van der Waals surface area contributed by atoms with E-state index in [0.29, 0.717) is 11.5 Å². The number of amides is 1. The summed E-state index contributed by atoms with van der Waals surface area (Å²) in [7, 11) is 1.81. The van der Waals surface area contributed by atoms with Crippen LogP contribution in [-0.2, 0) is 21.4 Å². The molecule has 152 valence electrons. The first-order valence-corrected chi connectivity index (χ1v) is 8.85. The van der Waals surface area contributed by atoms with Gasteiger partial charge in [-0.2, -0.15) is 5.10 Å². The van der Waals surface area contributed by atoms with E-state index in [0.717, 1.165) is 17.0 Å². The van der Waals surface area contributed by atoms with Crippen molar-refractivity contribution in [1.29, 1.82) is 0 Å². The maximum absolute atomic E-state index is 12.2. The number of nitrogens with zero attached hydrogens (tertiary/aromatic N) is 2. The van der Waals surface area contributed by atoms with Crippen molar-refractivity contribution in [3.63, 3.8) is 0 Å². The second kappa shape index (κ2) is 8.17. The van der Waals surface area contributed by atoms with Gasteiger partial charge in [0, 0.05) is 36.0 Å². The molecule has 0 atom stereocenters. The molecule has 2 heterocycles. The highest BCUT2D eigenvalue weighted by molar-refractivity contribution is 6.05. The summed E-state index contributed by atoms with van der Waals surface area (Å²) in [5.41, 5.74) is 3.05. The second-order valence-corrected chi connectivity index (χ2v) is 6.50. The van der Waals surface area contributed by atoms with Crippen LogP contribution in [0.5, 0.6) is 11.5 Å². The SMILES string of the molecule is CC(=O)c1cc2c(cc1NC(=O)COC(=O)/C=C/c1c(C)nn(C)c1C)OCO2. The highest BCUT2D eigenvalue weighted by atomic mass is 16.7. The first-order chi connectivity index (χ1) is 13.8. The number of carbonyl (C=O) groups is 3. The lowest BCUT2D eigenvalue weighted by Crippen LogP contribution is -2.21. The summed E-state index contributed by atoms with van der Waals surface area (Å²) in [5, 5.41) is 6.82. The third kappa shape index (κ3) is 4.45. The Morgan fingerprint density at radius 2 is 1.93 bits per heavy atom. The van der Waals surface area contributed by atoms with E-state index in [4.69, 9.17) is 14.2 Å². The predicted octanol–water partition coefficient (Wildman–Crippen LogP) is 2.16. The maximum Gasteiger partial charge on any atom is 0.331 e. The van der Waals surface area contributed by atoms with Crippen LogP contribution in [0.15, 0.2) is 18.2 Å². The van der Waals surface area contributed by atoms with E-state index in [9.17, 15) is 14.4 Å². The van der Waals surface area contributed by atoms with Crippen molar-refractivity contribution in [3.8, 4) is 11.5 Å². The molecule has 3 rings (SSSR count). The van der Waals surface area contributed by atoms with Gasteiger partial charge in [-0.05, 0) is 32.9 Å². The van der Waals surface area contributed by atoms with Crippen molar-refractivity contribution < 1.29 is 28.6 Å². The number of esters is 1. The molecule has 9 heteroatoms. The van der Waals surface area contributed by atoms with Crippen molar-refractivity contribution in [2.24, 2.45) is 7.05 Å². The molecule has 0 saturated heterocycles. The summed E-state index contributed by atoms with van der Waals surface area (Å²) in [5.74, 6) is -0.638. The number of hydrogen-bond donors (Lipinski definition) is 1. The molecule has 0 aliphatic carbocycles. The van der Waals surface area contributed by atoms with E-state index in [2.05, 4.69) is 10.4 Å². The first kappa shape index (κ1) is 20.1. The van der Waals surface area contributed by atoms with Crippen LogP contribution in [0.1, 0.15) is 34.2 Å². The minimum atomic E-state index is -0.666. The fourth-order valence-corrected chi connectivity index (χ4v) is 2.89. The number of fused-ring (bicyclic) bond motifs is 1. The summed E-state index contributed by atoms with van der Waals surface area (Å²) in [4.78, 5) is 35.9. The van der Waals surface area contributed by atoms with Crippen molar-refractivity contribution in [3.05, 3.63) is 40.7 Å². The summed E-state index contributed by atoms with van der Waals surface area (Å²) < 4.78 is 17.2. The number of benzene rings is 1. The molecule has 1 N–H and O–H groups in total. The van der Waals surface area contributed by atoms with Crippen molar-refractivity contribution >= 4 is 29.4 Å². The largest absolute Gasteiger partial charge is 0.454 e. The highest BCUT2D eigenvalue weighted by Gasteiger charge is 2.20. The van der Waals surface area contributed by atoms with E-state index in [1.807, 2.05) is 20.9 Å². The summed E-state index contributed by atoms with van der Waals surface area (Å²) in [6, 6.07) is 3.01. The minimum absolute atomic E-state index is 0.0455. The molecular formula is C20H21N3O6. The van der Waals surface area contributed by atoms with Gasteiger partial charge in [-0.15, -0.1) is 0 Å². The average molecular weight is 399 g/mol. The van der Waals surface area contributed by atoms with E-state index >= 15 is 0 Å². The van der Waals surface area contributed by atoms with Gasteiger partial charge in [0.1, 0.15) is 0 Å². The van der Waals surface area contributed by atoms with Crippen LogP contribution in [0.2, 0.25) is 0 Å². The monoisotopic (exact) mass is 399 g/mol. The Hall–Kier alpha value is -3.62. The Morgan fingerprint density at radius 3 is 2.55 bits per heavy atom. The van der Waals surface area contributed by atoms with Gasteiger partial charge in [0.15, 0.2) is 23.9 Å². The number of nitrogens with one attached hydrogen (secondary N) is 1. The molecule has 1 amide bonds. The zero-order valence-corrected chi connectivity index (χ0v) is 16.6. The quantitative estimate of drug-likeness (QED) is 0.450. The van der Waals surface area contributed by atoms with Gasteiger partial charge in [0.05, 0.1) is 11.4 Å². The number of rotatable bonds is 6. The van der Waals surface area contributed by atoms with Gasteiger partial charge in [0.25, 0.3) is 5.91 Å². The Morgan fingerprint density at radius 1 is 1.24 bits per heavy atom. The van der Waals surface area contributed by atoms with Crippen molar-refractivity contribution in [2.45, 2.75) is 20.8 Å². The number of hydrogen-bond acceptors (Lipinski definition) is 7. The van der Waals surface area contributed by atoms with Crippen molar-refractivity contribution in [2.75, 3.05) is 18.7 Å². The lowest BCUT2D eigenvalue weighted by atomic mass is 10.1. The highest BCUT2D eigenvalue weighted by Crippen LogP contribution is 2.37. The summed E-state index contributed by atoms with van der Waals surface area (Å²) in [6.07, 6.45) is 2.84. The van der Waals surface area contributed by atoms with Crippen LogP contribution in [0, 0.1) is 13.8 Å². The fraction of sp³-hybridized carbons (Fsp3) is 0.300. The molecule has 0 spiro atoms. The Balaban J connectivity index is 1.61. The zero-order valence-electron chi connectivity index (χ0n) is 16.6. The van der Waals surface area contributed by atoms with Gasteiger partial charge in [-0.3, -0.25) is 14.3 Å². The molecule has 1 aromatic heterocycles. The van der Waals surface area contributed by atoms with Gasteiger partial charge in [-0.1, -0.05) is 0 Å². The lowest BCUT2D eigenvalue weighted by Gasteiger charge is -2.10. The van der Waals surface area contributed by atoms with E-state index < -0.39 is 18.5 Å². The predicted molar refractivity (Wildman–Crippen MR) is 104 cm³/mol. The molecule has 0 bridgehead atoms. The molecular weight excluding hydrogens is 378 g/mol. The molecule has 1 aliphatic rings. The van der Waals surface area contributed by atoms with Crippen LogP contribution >= 0.6 is 0 Å². The molecule has 2 aromatic rings. The standard InChI is InChI=1S/C20H21N3O6/c1-11-14(12(2)23(4)22-11)5-6-20(26)27-9-19(25)21-16-8-18-17(28-10-29-18)7-15(16)13(3)24/h5-8H,9-10H2,1-4H3,(H,21,25)/b6-5+. The van der Waals surface area contributed by atoms with E-state index in [1.54, 1.807) is 10.8 Å². The van der Waals surface area contributed by atoms with Crippen LogP contribution in [-0.4, -0.2) is 40.8 Å². The maximum atomic E-state index is 12.2. The average Bonchev–Trinajstić information content (AvgIpc) is 3.21. The summed E-state index contributed by atoms with van der Waals surface area (Å²) in [6.45, 7) is 4.64. The minimum Gasteiger partial charge on any atom is -0.454 e. The fourth-order valence-electron chi connectivity index (χ4n) is 2.89. The molecule has 0 unspecified atom stereocenters. The molecule has 1 aliphatic heterocycles. The third-order valence-corrected chi connectivity index (χ3v) is 4.46. The number of aromatic nitrogens is 2. The van der Waals surface area contributed by atoms with Gasteiger partial charge in [-0.25, -0.2) is 4.79 Å². The van der Waals surface area contributed by atoms with Crippen LogP contribution in [0.3, 0.4) is 0 Å². The van der Waals surface area contributed by atoms with Crippen LogP contribution in [0.25, 0.3) is 6.08 Å². The van der Waals surface area contributed by atoms with Gasteiger partial charge in [0.2, 0.25) is 6.79 Å². The number of carbonyl (C=O) groups excluding carboxylic acids is 3. The number of ketones is 1. The number of anilines is 1. The van der Waals surface area contributed by atoms with E-state index in [-0.39, 0.29) is 23.8 Å². The van der Waals surface area contributed by atoms with Gasteiger partial charge < -0.3 is 19.5 Å². The Labute approximate surface area is 167 Å². The number of aryl methyl sites for hydroxylation is 2. The topological polar surface area (TPSA) is 109 Å². The molecule has 0 radical (unpaired) electrons. The number of Topliss-reactive ketones (excluding diaryl/α,β-unsaturated/α-hetero) is 1. The lowest BCUT2D eigenvalue weighted by molar-refractivity contribution is -0.142. The third-order valence-electron chi connectivity index (χ3n) is 4.46. The zero-order chi connectivity index (χ0) is 21.1. The van der Waals surface area contributed by atoms with Crippen molar-refractivity contribution in [1.82, 2.24) is 9.78 Å². The smallest absolute Gasteiger partial charge is 0.331 e. The molecule has 0 fully saturated rings. The molecule has 9 nitrogen and oxygen atoms in total. The van der Waals surface area contributed by atoms with E-state index in [1.165, 1.54) is 25.1 Å². The molecule has 29 heavy (non-hydrogen) atoms.